The molecular weight excluding hydrogens is 419 g/mol. The zero-order valence-corrected chi connectivity index (χ0v) is 17.5. The van der Waals surface area contributed by atoms with Gasteiger partial charge in [0.2, 0.25) is 5.28 Å². The van der Waals surface area contributed by atoms with Crippen LogP contribution in [0, 0.1) is 0 Å². The Morgan fingerprint density at radius 3 is 2.64 bits per heavy atom. The van der Waals surface area contributed by atoms with E-state index in [0.717, 1.165) is 36.1 Å². The molecule has 0 aliphatic heterocycles. The van der Waals surface area contributed by atoms with Crippen molar-refractivity contribution in [3.63, 3.8) is 0 Å². The minimum Gasteiger partial charge on any atom is -0.367 e. The van der Waals surface area contributed by atoms with Gasteiger partial charge in [-0.05, 0) is 42.1 Å². The first kappa shape index (κ1) is 19.7. The first-order valence-electron chi connectivity index (χ1n) is 9.40. The molecule has 0 spiro atoms. The van der Waals surface area contributed by atoms with Gasteiger partial charge in [-0.25, -0.2) is 4.98 Å². The van der Waals surface area contributed by atoms with E-state index >= 15 is 0 Å². The molecule has 0 unspecified atom stereocenters. The van der Waals surface area contributed by atoms with E-state index in [1.807, 2.05) is 18.5 Å². The Labute approximate surface area is 178 Å². The number of hydrogen-bond donors (Lipinski definition) is 2. The third-order valence-corrected chi connectivity index (χ3v) is 5.93. The summed E-state index contributed by atoms with van der Waals surface area (Å²) in [6.45, 7) is 2.13. The molecule has 9 heteroatoms. The van der Waals surface area contributed by atoms with E-state index in [1.54, 1.807) is 6.07 Å². The van der Waals surface area contributed by atoms with Crippen molar-refractivity contribution in [2.45, 2.75) is 38.3 Å². The van der Waals surface area contributed by atoms with Crippen LogP contribution >= 0.6 is 34.8 Å². The van der Waals surface area contributed by atoms with Crippen molar-refractivity contribution in [2.24, 2.45) is 0 Å². The van der Waals surface area contributed by atoms with Gasteiger partial charge in [0.05, 0.1) is 16.4 Å². The van der Waals surface area contributed by atoms with E-state index in [4.69, 9.17) is 34.8 Å². The van der Waals surface area contributed by atoms with Gasteiger partial charge in [0.1, 0.15) is 0 Å². The lowest BCUT2D eigenvalue weighted by molar-refractivity contribution is 0.529. The largest absolute Gasteiger partial charge is 0.367 e. The van der Waals surface area contributed by atoms with Crippen LogP contribution in [0.2, 0.25) is 15.3 Å². The monoisotopic (exact) mass is 438 g/mol. The number of anilines is 1. The van der Waals surface area contributed by atoms with Crippen molar-refractivity contribution in [1.82, 2.24) is 24.8 Å². The van der Waals surface area contributed by atoms with Gasteiger partial charge in [-0.2, -0.15) is 9.97 Å². The van der Waals surface area contributed by atoms with Gasteiger partial charge < -0.3 is 15.2 Å². The highest BCUT2D eigenvalue weighted by Gasteiger charge is 2.21. The predicted molar refractivity (Wildman–Crippen MR) is 114 cm³/mol. The van der Waals surface area contributed by atoms with E-state index < -0.39 is 0 Å². The van der Waals surface area contributed by atoms with Gasteiger partial charge in [-0.15, -0.1) is 0 Å². The normalized spacial score (nSPS) is 14.8. The second-order valence-corrected chi connectivity index (χ2v) is 8.11. The Bertz CT molecular complexity index is 968. The van der Waals surface area contributed by atoms with Crippen LogP contribution in [0.3, 0.4) is 0 Å². The molecule has 1 saturated carbocycles. The molecule has 2 heterocycles. The maximum absolute atomic E-state index is 6.16. The van der Waals surface area contributed by atoms with Crippen LogP contribution in [0.25, 0.3) is 11.2 Å². The van der Waals surface area contributed by atoms with Crippen LogP contribution in [0.5, 0.6) is 0 Å². The van der Waals surface area contributed by atoms with Crippen molar-refractivity contribution in [3.05, 3.63) is 45.4 Å². The van der Waals surface area contributed by atoms with Crippen LogP contribution in [-0.4, -0.2) is 32.6 Å². The molecule has 1 aliphatic carbocycles. The first-order chi connectivity index (χ1) is 13.6. The fourth-order valence-electron chi connectivity index (χ4n) is 3.61. The Morgan fingerprint density at radius 1 is 1.04 bits per heavy atom. The maximum Gasteiger partial charge on any atom is 0.226 e. The van der Waals surface area contributed by atoms with Crippen molar-refractivity contribution in [2.75, 3.05) is 18.4 Å². The second kappa shape index (κ2) is 8.82. The van der Waals surface area contributed by atoms with Gasteiger partial charge >= 0.3 is 0 Å². The van der Waals surface area contributed by atoms with Crippen LogP contribution in [-0.2, 0) is 6.54 Å². The van der Waals surface area contributed by atoms with E-state index in [-0.39, 0.29) is 5.28 Å². The Morgan fingerprint density at radius 2 is 1.86 bits per heavy atom. The third kappa shape index (κ3) is 4.35. The summed E-state index contributed by atoms with van der Waals surface area (Å²) in [4.78, 5) is 13.3. The molecule has 1 aromatic carbocycles. The lowest BCUT2D eigenvalue weighted by Crippen LogP contribution is -2.22. The molecule has 6 nitrogen and oxygen atoms in total. The summed E-state index contributed by atoms with van der Waals surface area (Å²) in [7, 11) is 0. The molecule has 28 heavy (non-hydrogen) atoms. The summed E-state index contributed by atoms with van der Waals surface area (Å²) in [6.07, 6.45) is 6.68. The molecule has 2 N–H and O–H groups in total. The zero-order valence-electron chi connectivity index (χ0n) is 15.3. The number of aromatic nitrogens is 4. The molecule has 0 amide bonds. The highest BCUT2D eigenvalue weighted by atomic mass is 35.5. The quantitative estimate of drug-likeness (QED) is 0.396. The Hall–Kier alpha value is -1.60. The predicted octanol–water partition coefficient (Wildman–Crippen LogP) is 5.10. The number of nitrogens with zero attached hydrogens (tertiary/aromatic N) is 4. The number of fused-ring (bicyclic) bond motifs is 1. The summed E-state index contributed by atoms with van der Waals surface area (Å²) in [5, 5.41) is 8.05. The number of imidazole rings is 1. The summed E-state index contributed by atoms with van der Waals surface area (Å²) in [5.41, 5.74) is 2.65. The molecule has 0 radical (unpaired) electrons. The Kier molecular flexibility index (Phi) is 6.21. The fraction of sp³-hybridized carbons (Fsp3) is 0.421. The first-order valence-corrected chi connectivity index (χ1v) is 10.5. The van der Waals surface area contributed by atoms with Gasteiger partial charge in [0.15, 0.2) is 17.0 Å². The van der Waals surface area contributed by atoms with E-state index in [1.165, 1.54) is 12.8 Å². The Balaban J connectivity index is 1.37. The lowest BCUT2D eigenvalue weighted by Gasteiger charge is -2.12. The van der Waals surface area contributed by atoms with Gasteiger partial charge in [0, 0.05) is 25.7 Å². The second-order valence-electron chi connectivity index (χ2n) is 6.96. The van der Waals surface area contributed by atoms with Crippen molar-refractivity contribution in [3.8, 4) is 0 Å². The standard InChI is InChI=1S/C19H21Cl3N6/c20-14-6-5-12(9-15(14)21)10-23-7-8-24-17-16-18(27-19(22)26-17)28(11-25-16)13-3-1-2-4-13/h5-6,9,11,13,23H,1-4,7-8,10H2,(H,24,26,27). The van der Waals surface area contributed by atoms with Gasteiger partial charge in [-0.1, -0.05) is 42.1 Å². The van der Waals surface area contributed by atoms with Crippen LogP contribution in [0.15, 0.2) is 24.5 Å². The minimum absolute atomic E-state index is 0.235. The average molecular weight is 440 g/mol. The maximum atomic E-state index is 6.16. The zero-order chi connectivity index (χ0) is 19.5. The molecule has 1 aliphatic rings. The highest BCUT2D eigenvalue weighted by Crippen LogP contribution is 2.32. The van der Waals surface area contributed by atoms with Crippen molar-refractivity contribution in [1.29, 1.82) is 0 Å². The molecule has 0 saturated heterocycles. The van der Waals surface area contributed by atoms with Crippen LogP contribution in [0.4, 0.5) is 5.82 Å². The van der Waals surface area contributed by atoms with Crippen LogP contribution in [0.1, 0.15) is 37.3 Å². The molecule has 2 aromatic heterocycles. The molecule has 148 valence electrons. The number of hydrogen-bond acceptors (Lipinski definition) is 5. The van der Waals surface area contributed by atoms with Gasteiger partial charge in [0.25, 0.3) is 0 Å². The minimum atomic E-state index is 0.235. The molecule has 3 aromatic rings. The van der Waals surface area contributed by atoms with E-state index in [2.05, 4.69) is 30.2 Å². The number of nitrogens with one attached hydrogen (secondary N) is 2. The molecule has 4 rings (SSSR count). The topological polar surface area (TPSA) is 67.7 Å². The van der Waals surface area contributed by atoms with E-state index in [9.17, 15) is 0 Å². The lowest BCUT2D eigenvalue weighted by atomic mass is 10.2. The smallest absolute Gasteiger partial charge is 0.226 e. The highest BCUT2D eigenvalue weighted by molar-refractivity contribution is 6.42. The average Bonchev–Trinajstić information content (AvgIpc) is 3.33. The molecular formula is C19H21Cl3N6. The molecule has 0 atom stereocenters. The van der Waals surface area contributed by atoms with Crippen molar-refractivity contribution < 1.29 is 0 Å². The third-order valence-electron chi connectivity index (χ3n) is 5.02. The summed E-state index contributed by atoms with van der Waals surface area (Å²) in [5.74, 6) is 0.670. The van der Waals surface area contributed by atoms with Crippen LogP contribution < -0.4 is 10.6 Å². The SMILES string of the molecule is Clc1nc(NCCNCc2ccc(Cl)c(Cl)c2)c2ncn(C3CCCC3)c2n1. The molecule has 1 fully saturated rings. The van der Waals surface area contributed by atoms with Gasteiger partial charge in [-0.3, -0.25) is 0 Å². The number of halogens is 3. The van der Waals surface area contributed by atoms with E-state index in [0.29, 0.717) is 35.0 Å². The molecule has 0 bridgehead atoms. The number of benzene rings is 1. The fourth-order valence-corrected chi connectivity index (χ4v) is 4.10. The number of rotatable bonds is 7. The summed E-state index contributed by atoms with van der Waals surface area (Å²) >= 11 is 18.2. The summed E-state index contributed by atoms with van der Waals surface area (Å²) < 4.78 is 2.14. The van der Waals surface area contributed by atoms with Crippen molar-refractivity contribution >= 4 is 51.8 Å². The summed E-state index contributed by atoms with van der Waals surface area (Å²) in [6, 6.07) is 6.09.